The number of halogens is 1. The lowest BCUT2D eigenvalue weighted by Crippen LogP contribution is -2.18. The molecule has 1 N–H and O–H groups in total. The van der Waals surface area contributed by atoms with Crippen molar-refractivity contribution < 1.29 is 4.21 Å². The number of aromatic nitrogens is 1. The maximum atomic E-state index is 10.9. The Morgan fingerprint density at radius 1 is 1.67 bits per heavy atom. The first kappa shape index (κ1) is 12.5. The third kappa shape index (κ3) is 4.62. The van der Waals surface area contributed by atoms with Gasteiger partial charge in [0.25, 0.3) is 0 Å². The fourth-order valence-corrected chi connectivity index (χ4v) is 2.00. The molecular weight excluding hydrogens is 232 g/mol. The molecule has 1 aromatic heterocycles. The highest BCUT2D eigenvalue weighted by Gasteiger charge is 2.06. The van der Waals surface area contributed by atoms with Crippen LogP contribution >= 0.6 is 11.6 Å². The van der Waals surface area contributed by atoms with Gasteiger partial charge in [-0.1, -0.05) is 11.6 Å². The van der Waals surface area contributed by atoms with Crippen LogP contribution in [0, 0.1) is 0 Å². The van der Waals surface area contributed by atoms with Crippen molar-refractivity contribution in [1.29, 1.82) is 0 Å². The van der Waals surface area contributed by atoms with Gasteiger partial charge >= 0.3 is 0 Å². The average Bonchev–Trinajstić information content (AvgIpc) is 2.18. The SMILES string of the molecule is CC(CCS(C)=O)Nc1ncccc1Cl. The fourth-order valence-electron chi connectivity index (χ4n) is 1.14. The molecule has 5 heteroatoms. The van der Waals surface area contributed by atoms with Crippen molar-refractivity contribution in [3.05, 3.63) is 23.4 Å². The van der Waals surface area contributed by atoms with Crippen LogP contribution in [0.1, 0.15) is 13.3 Å². The van der Waals surface area contributed by atoms with Crippen molar-refractivity contribution in [1.82, 2.24) is 4.98 Å². The second-order valence-corrected chi connectivity index (χ2v) is 5.41. The number of hydrogen-bond donors (Lipinski definition) is 1. The maximum absolute atomic E-state index is 10.9. The molecule has 0 aliphatic rings. The van der Waals surface area contributed by atoms with Crippen LogP contribution in [0.3, 0.4) is 0 Å². The van der Waals surface area contributed by atoms with Gasteiger partial charge in [-0.2, -0.15) is 0 Å². The molecule has 1 heterocycles. The van der Waals surface area contributed by atoms with E-state index in [4.69, 9.17) is 11.6 Å². The quantitative estimate of drug-likeness (QED) is 0.867. The van der Waals surface area contributed by atoms with E-state index in [0.29, 0.717) is 16.6 Å². The lowest BCUT2D eigenvalue weighted by Gasteiger charge is -2.14. The summed E-state index contributed by atoms with van der Waals surface area (Å²) in [6.07, 6.45) is 4.25. The predicted molar refractivity (Wildman–Crippen MR) is 65.9 cm³/mol. The summed E-state index contributed by atoms with van der Waals surface area (Å²) in [5, 5.41) is 3.80. The van der Waals surface area contributed by atoms with Crippen molar-refractivity contribution in [3.63, 3.8) is 0 Å². The largest absolute Gasteiger partial charge is 0.366 e. The lowest BCUT2D eigenvalue weighted by atomic mass is 10.2. The maximum Gasteiger partial charge on any atom is 0.144 e. The summed E-state index contributed by atoms with van der Waals surface area (Å²) >= 11 is 5.95. The van der Waals surface area contributed by atoms with E-state index in [1.807, 2.05) is 6.92 Å². The number of anilines is 1. The van der Waals surface area contributed by atoms with Crippen molar-refractivity contribution in [2.45, 2.75) is 19.4 Å². The normalized spacial score (nSPS) is 14.6. The number of nitrogens with zero attached hydrogens (tertiary/aromatic N) is 1. The third-order valence-corrected chi connectivity index (χ3v) is 3.10. The second kappa shape index (κ2) is 6.08. The van der Waals surface area contributed by atoms with E-state index >= 15 is 0 Å². The monoisotopic (exact) mass is 246 g/mol. The molecule has 0 spiro atoms. The number of rotatable bonds is 5. The molecule has 0 radical (unpaired) electrons. The van der Waals surface area contributed by atoms with Crippen LogP contribution in [0.4, 0.5) is 5.82 Å². The topological polar surface area (TPSA) is 42.0 Å². The smallest absolute Gasteiger partial charge is 0.144 e. The fraction of sp³-hybridized carbons (Fsp3) is 0.500. The van der Waals surface area contributed by atoms with Crippen molar-refractivity contribution in [2.75, 3.05) is 17.3 Å². The molecular formula is C10H15ClN2OS. The van der Waals surface area contributed by atoms with Crippen LogP contribution < -0.4 is 5.32 Å². The highest BCUT2D eigenvalue weighted by atomic mass is 35.5. The Morgan fingerprint density at radius 3 is 3.00 bits per heavy atom. The molecule has 0 saturated heterocycles. The molecule has 0 aliphatic carbocycles. The Bertz CT molecular complexity index is 346. The van der Waals surface area contributed by atoms with E-state index in [1.165, 1.54) is 0 Å². The van der Waals surface area contributed by atoms with Gasteiger partial charge in [-0.3, -0.25) is 4.21 Å². The van der Waals surface area contributed by atoms with Gasteiger partial charge < -0.3 is 5.32 Å². The average molecular weight is 247 g/mol. The molecule has 1 aromatic rings. The third-order valence-electron chi connectivity index (χ3n) is 1.98. The van der Waals surface area contributed by atoms with Crippen molar-refractivity contribution in [2.24, 2.45) is 0 Å². The second-order valence-electron chi connectivity index (χ2n) is 3.45. The van der Waals surface area contributed by atoms with Crippen LogP contribution in [0.2, 0.25) is 5.02 Å². The van der Waals surface area contributed by atoms with E-state index in [2.05, 4.69) is 10.3 Å². The Labute approximate surface area is 97.7 Å². The molecule has 2 atom stereocenters. The van der Waals surface area contributed by atoms with Crippen LogP contribution in [0.15, 0.2) is 18.3 Å². The Morgan fingerprint density at radius 2 is 2.40 bits per heavy atom. The van der Waals surface area contributed by atoms with Crippen LogP contribution in [-0.2, 0) is 10.8 Å². The molecule has 0 fully saturated rings. The first-order valence-electron chi connectivity index (χ1n) is 4.76. The minimum absolute atomic E-state index is 0.223. The summed E-state index contributed by atoms with van der Waals surface area (Å²) in [7, 11) is -0.743. The molecule has 15 heavy (non-hydrogen) atoms. The Kier molecular flexibility index (Phi) is 5.05. The highest BCUT2D eigenvalue weighted by Crippen LogP contribution is 2.18. The summed E-state index contributed by atoms with van der Waals surface area (Å²) in [6, 6.07) is 3.81. The van der Waals surface area contributed by atoms with Gasteiger partial charge in [0, 0.05) is 35.0 Å². The molecule has 84 valence electrons. The minimum atomic E-state index is -0.743. The Hall–Kier alpha value is -0.610. The number of hydrogen-bond acceptors (Lipinski definition) is 3. The molecule has 0 bridgehead atoms. The van der Waals surface area contributed by atoms with Crippen molar-refractivity contribution >= 4 is 28.2 Å². The van der Waals surface area contributed by atoms with Crippen LogP contribution in [-0.4, -0.2) is 27.2 Å². The summed E-state index contributed by atoms with van der Waals surface area (Å²) in [5.74, 6) is 1.38. The van der Waals surface area contributed by atoms with Gasteiger partial charge in [0.1, 0.15) is 5.82 Å². The van der Waals surface area contributed by atoms with E-state index in [1.54, 1.807) is 24.6 Å². The summed E-state index contributed by atoms with van der Waals surface area (Å²) in [5.41, 5.74) is 0. The van der Waals surface area contributed by atoms with Crippen molar-refractivity contribution in [3.8, 4) is 0 Å². The highest BCUT2D eigenvalue weighted by molar-refractivity contribution is 7.84. The van der Waals surface area contributed by atoms with E-state index in [0.717, 1.165) is 6.42 Å². The molecule has 0 aliphatic heterocycles. The molecule has 1 rings (SSSR count). The lowest BCUT2D eigenvalue weighted by molar-refractivity contribution is 0.678. The van der Waals surface area contributed by atoms with Gasteiger partial charge in [0.2, 0.25) is 0 Å². The zero-order valence-electron chi connectivity index (χ0n) is 8.87. The minimum Gasteiger partial charge on any atom is -0.366 e. The number of nitrogens with one attached hydrogen (secondary N) is 1. The van der Waals surface area contributed by atoms with Gasteiger partial charge in [-0.25, -0.2) is 4.98 Å². The molecule has 0 amide bonds. The predicted octanol–water partition coefficient (Wildman–Crippen LogP) is 2.30. The zero-order valence-corrected chi connectivity index (χ0v) is 10.4. The summed E-state index contributed by atoms with van der Waals surface area (Å²) in [4.78, 5) is 4.13. The van der Waals surface area contributed by atoms with Crippen LogP contribution in [0.25, 0.3) is 0 Å². The van der Waals surface area contributed by atoms with E-state index < -0.39 is 10.8 Å². The van der Waals surface area contributed by atoms with Gasteiger partial charge in [0.15, 0.2) is 0 Å². The van der Waals surface area contributed by atoms with Gasteiger partial charge in [-0.05, 0) is 25.5 Å². The molecule has 0 aromatic carbocycles. The first-order chi connectivity index (χ1) is 7.09. The van der Waals surface area contributed by atoms with Gasteiger partial charge in [0.05, 0.1) is 5.02 Å². The molecule has 3 nitrogen and oxygen atoms in total. The standard InChI is InChI=1S/C10H15ClN2OS/c1-8(5-7-15(2)14)13-10-9(11)4-3-6-12-10/h3-4,6,8H,5,7H2,1-2H3,(H,12,13). The van der Waals surface area contributed by atoms with Crippen LogP contribution in [0.5, 0.6) is 0 Å². The first-order valence-corrected chi connectivity index (χ1v) is 6.87. The Balaban J connectivity index is 2.47. The van der Waals surface area contributed by atoms with E-state index in [9.17, 15) is 4.21 Å². The van der Waals surface area contributed by atoms with E-state index in [-0.39, 0.29) is 6.04 Å². The summed E-state index contributed by atoms with van der Waals surface area (Å²) in [6.45, 7) is 2.03. The molecule has 0 saturated carbocycles. The molecule has 2 unspecified atom stereocenters. The number of pyridine rings is 1. The summed E-state index contributed by atoms with van der Waals surface area (Å²) < 4.78 is 10.9. The van der Waals surface area contributed by atoms with Gasteiger partial charge in [-0.15, -0.1) is 0 Å². The zero-order chi connectivity index (χ0) is 11.3.